The third-order valence-corrected chi connectivity index (χ3v) is 2.58. The summed E-state index contributed by atoms with van der Waals surface area (Å²) in [4.78, 5) is 11.5. The summed E-state index contributed by atoms with van der Waals surface area (Å²) >= 11 is 0. The van der Waals surface area contributed by atoms with Gasteiger partial charge in [0.1, 0.15) is 5.75 Å². The topological polar surface area (TPSA) is 55.8 Å². The lowest BCUT2D eigenvalue weighted by Crippen LogP contribution is -2.38. The molecule has 0 spiro atoms. The Balaban J connectivity index is 3.25. The average molecular weight is 252 g/mol. The molecule has 1 aromatic rings. The molecule has 0 aliphatic rings. The largest absolute Gasteiger partial charge is 0.493 e. The maximum absolute atomic E-state index is 11.5. The molecule has 0 aromatic heterocycles. The van der Waals surface area contributed by atoms with Crippen molar-refractivity contribution in [2.45, 2.75) is 39.4 Å². The van der Waals surface area contributed by atoms with Gasteiger partial charge in [-0.15, -0.1) is 0 Å². The molecular formula is C14H20O4. The molecule has 0 radical (unpaired) electrons. The fourth-order valence-corrected chi connectivity index (χ4v) is 1.84. The van der Waals surface area contributed by atoms with E-state index in [0.717, 1.165) is 0 Å². The van der Waals surface area contributed by atoms with Crippen molar-refractivity contribution in [3.63, 3.8) is 0 Å². The number of carbonyl (C=O) groups is 1. The molecule has 0 saturated heterocycles. The summed E-state index contributed by atoms with van der Waals surface area (Å²) in [5.74, 6) is -0.478. The van der Waals surface area contributed by atoms with Gasteiger partial charge < -0.3 is 14.6 Å². The van der Waals surface area contributed by atoms with Crippen LogP contribution in [0.2, 0.25) is 0 Å². The van der Waals surface area contributed by atoms with Gasteiger partial charge in [-0.1, -0.05) is 18.2 Å². The van der Waals surface area contributed by atoms with Crippen molar-refractivity contribution in [1.82, 2.24) is 0 Å². The minimum absolute atomic E-state index is 0.194. The zero-order chi connectivity index (χ0) is 13.8. The number of rotatable bonds is 6. The zero-order valence-electron chi connectivity index (χ0n) is 11.3. The van der Waals surface area contributed by atoms with Gasteiger partial charge in [-0.2, -0.15) is 0 Å². The highest BCUT2D eigenvalue weighted by atomic mass is 16.5. The number of hydrogen-bond donors (Lipinski definition) is 1. The maximum Gasteiger partial charge on any atom is 0.340 e. The van der Waals surface area contributed by atoms with Crippen LogP contribution in [0.25, 0.3) is 0 Å². The standard InChI is InChI=1S/C14H20O4/c1-5-17-12-9-7-6-8-11(12)14(4,13(15)16)18-10(2)3/h6-10H,5H2,1-4H3,(H,15,16). The van der Waals surface area contributed by atoms with Gasteiger partial charge in [0, 0.05) is 5.56 Å². The predicted octanol–water partition coefficient (Wildman–Crippen LogP) is 2.81. The lowest BCUT2D eigenvalue weighted by atomic mass is 9.94. The van der Waals surface area contributed by atoms with Crippen molar-refractivity contribution in [2.24, 2.45) is 0 Å². The second-order valence-electron chi connectivity index (χ2n) is 4.43. The SMILES string of the molecule is CCOc1ccccc1C(C)(OC(C)C)C(=O)O. The molecule has 0 fully saturated rings. The van der Waals surface area contributed by atoms with Crippen molar-refractivity contribution in [2.75, 3.05) is 6.61 Å². The molecule has 0 heterocycles. The van der Waals surface area contributed by atoms with Gasteiger partial charge in [0.25, 0.3) is 0 Å². The van der Waals surface area contributed by atoms with Crippen LogP contribution in [0.4, 0.5) is 0 Å². The van der Waals surface area contributed by atoms with Crippen LogP contribution in [0.1, 0.15) is 33.3 Å². The predicted molar refractivity (Wildman–Crippen MR) is 68.8 cm³/mol. The van der Waals surface area contributed by atoms with Crippen LogP contribution in [0.15, 0.2) is 24.3 Å². The molecule has 4 nitrogen and oxygen atoms in total. The second kappa shape index (κ2) is 5.87. The van der Waals surface area contributed by atoms with Gasteiger partial charge >= 0.3 is 5.97 Å². The molecule has 0 amide bonds. The summed E-state index contributed by atoms with van der Waals surface area (Å²) in [6.45, 7) is 7.51. The highest BCUT2D eigenvalue weighted by molar-refractivity contribution is 5.80. The first-order valence-corrected chi connectivity index (χ1v) is 6.05. The van der Waals surface area contributed by atoms with Gasteiger partial charge in [-0.3, -0.25) is 0 Å². The van der Waals surface area contributed by atoms with Crippen LogP contribution in [0.3, 0.4) is 0 Å². The van der Waals surface area contributed by atoms with Crippen LogP contribution in [0, 0.1) is 0 Å². The molecule has 4 heteroatoms. The lowest BCUT2D eigenvalue weighted by Gasteiger charge is -2.29. The minimum atomic E-state index is -1.40. The van der Waals surface area contributed by atoms with Crippen LogP contribution < -0.4 is 4.74 Å². The smallest absolute Gasteiger partial charge is 0.340 e. The summed E-state index contributed by atoms with van der Waals surface area (Å²) in [5, 5.41) is 9.45. The molecule has 1 rings (SSSR count). The first-order chi connectivity index (χ1) is 8.41. The van der Waals surface area contributed by atoms with E-state index in [4.69, 9.17) is 9.47 Å². The minimum Gasteiger partial charge on any atom is -0.493 e. The van der Waals surface area contributed by atoms with Crippen LogP contribution in [-0.4, -0.2) is 23.8 Å². The van der Waals surface area contributed by atoms with E-state index >= 15 is 0 Å². The fraction of sp³-hybridized carbons (Fsp3) is 0.500. The molecule has 1 aromatic carbocycles. The molecule has 0 aliphatic carbocycles. The Morgan fingerprint density at radius 3 is 2.50 bits per heavy atom. The van der Waals surface area contributed by atoms with Crippen LogP contribution >= 0.6 is 0 Å². The van der Waals surface area contributed by atoms with E-state index in [9.17, 15) is 9.90 Å². The number of hydrogen-bond acceptors (Lipinski definition) is 3. The number of aliphatic carboxylic acids is 1. The van der Waals surface area contributed by atoms with Gasteiger partial charge in [-0.05, 0) is 33.8 Å². The quantitative estimate of drug-likeness (QED) is 0.845. The van der Waals surface area contributed by atoms with E-state index in [1.165, 1.54) is 0 Å². The Kier molecular flexibility index (Phi) is 4.73. The van der Waals surface area contributed by atoms with Crippen LogP contribution in [0.5, 0.6) is 5.75 Å². The number of ether oxygens (including phenoxy) is 2. The van der Waals surface area contributed by atoms with Crippen molar-refractivity contribution >= 4 is 5.97 Å². The zero-order valence-corrected chi connectivity index (χ0v) is 11.3. The van der Waals surface area contributed by atoms with E-state index in [2.05, 4.69) is 0 Å². The van der Waals surface area contributed by atoms with E-state index in [1.807, 2.05) is 26.8 Å². The molecular weight excluding hydrogens is 232 g/mol. The molecule has 1 N–H and O–H groups in total. The Morgan fingerprint density at radius 1 is 1.39 bits per heavy atom. The summed E-state index contributed by atoms with van der Waals surface area (Å²) in [6, 6.07) is 7.07. The Morgan fingerprint density at radius 2 is 2.00 bits per heavy atom. The molecule has 1 unspecified atom stereocenters. The number of carboxylic acid groups (broad SMARTS) is 1. The summed E-state index contributed by atoms with van der Waals surface area (Å²) in [7, 11) is 0. The Bertz CT molecular complexity index is 414. The summed E-state index contributed by atoms with van der Waals surface area (Å²) in [5.41, 5.74) is -0.868. The number of benzene rings is 1. The molecule has 1 atom stereocenters. The van der Waals surface area contributed by atoms with E-state index in [0.29, 0.717) is 17.9 Å². The number of carboxylic acids is 1. The molecule has 100 valence electrons. The van der Waals surface area contributed by atoms with Crippen LogP contribution in [-0.2, 0) is 15.1 Å². The van der Waals surface area contributed by atoms with E-state index in [-0.39, 0.29) is 6.10 Å². The van der Waals surface area contributed by atoms with E-state index in [1.54, 1.807) is 25.1 Å². The third kappa shape index (κ3) is 3.01. The summed E-state index contributed by atoms with van der Waals surface area (Å²) in [6.07, 6.45) is -0.194. The van der Waals surface area contributed by atoms with Crippen molar-refractivity contribution in [1.29, 1.82) is 0 Å². The second-order valence-corrected chi connectivity index (χ2v) is 4.43. The van der Waals surface area contributed by atoms with Crippen molar-refractivity contribution in [3.8, 4) is 5.75 Å². The fourth-order valence-electron chi connectivity index (χ4n) is 1.84. The van der Waals surface area contributed by atoms with Gasteiger partial charge in [0.05, 0.1) is 12.7 Å². The monoisotopic (exact) mass is 252 g/mol. The molecule has 0 aliphatic heterocycles. The van der Waals surface area contributed by atoms with Gasteiger partial charge in [0.2, 0.25) is 0 Å². The van der Waals surface area contributed by atoms with Gasteiger partial charge in [0.15, 0.2) is 5.60 Å². The van der Waals surface area contributed by atoms with Crippen molar-refractivity contribution < 1.29 is 19.4 Å². The normalized spacial score (nSPS) is 14.3. The molecule has 18 heavy (non-hydrogen) atoms. The molecule has 0 bridgehead atoms. The first kappa shape index (κ1) is 14.5. The summed E-state index contributed by atoms with van der Waals surface area (Å²) < 4.78 is 11.1. The Labute approximate surface area is 108 Å². The third-order valence-electron chi connectivity index (χ3n) is 2.58. The average Bonchev–Trinajstić information content (AvgIpc) is 2.28. The number of para-hydroxylation sites is 1. The Hall–Kier alpha value is -1.55. The molecule has 0 saturated carbocycles. The highest BCUT2D eigenvalue weighted by Gasteiger charge is 2.39. The van der Waals surface area contributed by atoms with Crippen molar-refractivity contribution in [3.05, 3.63) is 29.8 Å². The van der Waals surface area contributed by atoms with E-state index < -0.39 is 11.6 Å². The lowest BCUT2D eigenvalue weighted by molar-refractivity contribution is -0.171. The highest BCUT2D eigenvalue weighted by Crippen LogP contribution is 2.34. The maximum atomic E-state index is 11.5. The van der Waals surface area contributed by atoms with Gasteiger partial charge in [-0.25, -0.2) is 4.79 Å². The first-order valence-electron chi connectivity index (χ1n) is 6.05.